The van der Waals surface area contributed by atoms with E-state index in [0.717, 1.165) is 53.6 Å². The number of amides is 2. The Labute approximate surface area is 194 Å². The molecule has 1 aromatic heterocycles. The number of hydrogen-bond donors (Lipinski definition) is 1. The maximum atomic E-state index is 12.8. The molecule has 6 heteroatoms. The van der Waals surface area contributed by atoms with Crippen LogP contribution in [0, 0.1) is 6.92 Å². The summed E-state index contributed by atoms with van der Waals surface area (Å²) in [6.07, 6.45) is 3.80. The lowest BCUT2D eigenvalue weighted by atomic mass is 9.89. The lowest BCUT2D eigenvalue weighted by molar-refractivity contribution is -0.132. The van der Waals surface area contributed by atoms with Crippen molar-refractivity contribution in [3.8, 4) is 5.75 Å². The third-order valence-electron chi connectivity index (χ3n) is 6.57. The van der Waals surface area contributed by atoms with Gasteiger partial charge in [0.25, 0.3) is 5.91 Å². The van der Waals surface area contributed by atoms with E-state index < -0.39 is 5.91 Å². The molecule has 3 aromatic rings. The number of rotatable bonds is 7. The van der Waals surface area contributed by atoms with Gasteiger partial charge in [-0.25, -0.2) is 0 Å². The molecule has 2 N–H and O–H groups in total. The molecule has 6 nitrogen and oxygen atoms in total. The summed E-state index contributed by atoms with van der Waals surface area (Å²) in [5.41, 5.74) is 10.1. The second kappa shape index (κ2) is 10.0. The number of fused-ring (bicyclic) bond motifs is 1. The van der Waals surface area contributed by atoms with E-state index in [0.29, 0.717) is 25.1 Å². The van der Waals surface area contributed by atoms with Crippen LogP contribution in [0.4, 0.5) is 0 Å². The Morgan fingerprint density at radius 2 is 1.88 bits per heavy atom. The summed E-state index contributed by atoms with van der Waals surface area (Å²) in [6.45, 7) is 3.39. The van der Waals surface area contributed by atoms with Crippen LogP contribution in [0.25, 0.3) is 10.9 Å². The molecule has 1 aliphatic heterocycles. The Morgan fingerprint density at radius 1 is 1.12 bits per heavy atom. The molecule has 2 heterocycles. The van der Waals surface area contributed by atoms with Gasteiger partial charge in [-0.1, -0.05) is 30.3 Å². The number of ether oxygens (including phenoxy) is 1. The van der Waals surface area contributed by atoms with E-state index in [1.165, 1.54) is 5.56 Å². The standard InChI is InChI=1S/C27H31N3O3/c1-18-16-19(10-11-24(18)33-2)6-5-9-25(31)30-14-12-20(13-15-30)26-22(27(28)32)17-21-7-3-4-8-23(21)29-26/h3-4,7-8,10-11,16-17,20H,5-6,9,12-15H2,1-2H3,(H2,28,32). The number of nitrogens with two attached hydrogens (primary N) is 1. The van der Waals surface area contributed by atoms with E-state index >= 15 is 0 Å². The lowest BCUT2D eigenvalue weighted by Crippen LogP contribution is -2.38. The summed E-state index contributed by atoms with van der Waals surface area (Å²) in [5.74, 6) is 0.761. The van der Waals surface area contributed by atoms with E-state index in [1.54, 1.807) is 7.11 Å². The summed E-state index contributed by atoms with van der Waals surface area (Å²) in [5, 5.41) is 0.912. The Bertz CT molecular complexity index is 1170. The molecule has 1 fully saturated rings. The molecule has 4 rings (SSSR count). The van der Waals surface area contributed by atoms with E-state index in [4.69, 9.17) is 15.5 Å². The molecule has 33 heavy (non-hydrogen) atoms. The molecule has 0 spiro atoms. The quantitative estimate of drug-likeness (QED) is 0.585. The molecule has 0 unspecified atom stereocenters. The summed E-state index contributed by atoms with van der Waals surface area (Å²) in [7, 11) is 1.68. The number of para-hydroxylation sites is 1. The molecular weight excluding hydrogens is 414 g/mol. The van der Waals surface area contributed by atoms with E-state index in [9.17, 15) is 9.59 Å². The number of primary amides is 1. The third kappa shape index (κ3) is 5.16. The number of methoxy groups -OCH3 is 1. The Morgan fingerprint density at radius 3 is 2.58 bits per heavy atom. The predicted molar refractivity (Wildman–Crippen MR) is 129 cm³/mol. The fraction of sp³-hybridized carbons (Fsp3) is 0.370. The summed E-state index contributed by atoms with van der Waals surface area (Å²) in [4.78, 5) is 31.6. The number of piperidine rings is 1. The van der Waals surface area contributed by atoms with Crippen LogP contribution in [0.5, 0.6) is 5.75 Å². The topological polar surface area (TPSA) is 85.5 Å². The number of aryl methyl sites for hydroxylation is 2. The molecule has 1 aliphatic rings. The van der Waals surface area contributed by atoms with Gasteiger partial charge in [0.15, 0.2) is 0 Å². The Kier molecular flexibility index (Phi) is 6.92. The van der Waals surface area contributed by atoms with Gasteiger partial charge in [-0.3, -0.25) is 14.6 Å². The first-order valence-electron chi connectivity index (χ1n) is 11.6. The lowest BCUT2D eigenvalue weighted by Gasteiger charge is -2.32. The van der Waals surface area contributed by atoms with Crippen molar-refractivity contribution in [2.75, 3.05) is 20.2 Å². The highest BCUT2D eigenvalue weighted by atomic mass is 16.5. The molecule has 0 saturated carbocycles. The van der Waals surface area contributed by atoms with Gasteiger partial charge >= 0.3 is 0 Å². The van der Waals surface area contributed by atoms with E-state index in [-0.39, 0.29) is 11.8 Å². The molecule has 0 radical (unpaired) electrons. The van der Waals surface area contributed by atoms with E-state index in [1.807, 2.05) is 48.2 Å². The SMILES string of the molecule is COc1ccc(CCCC(=O)N2CCC(c3nc4ccccc4cc3C(N)=O)CC2)cc1C. The van der Waals surface area contributed by atoms with Gasteiger partial charge < -0.3 is 15.4 Å². The van der Waals surface area contributed by atoms with Crippen LogP contribution in [0.1, 0.15) is 58.8 Å². The molecule has 2 amide bonds. The highest BCUT2D eigenvalue weighted by Crippen LogP contribution is 2.31. The number of likely N-dealkylation sites (tertiary alicyclic amines) is 1. The van der Waals surface area contributed by atoms with Gasteiger partial charge in [-0.05, 0) is 61.9 Å². The minimum absolute atomic E-state index is 0.128. The van der Waals surface area contributed by atoms with Crippen LogP contribution in [0.2, 0.25) is 0 Å². The van der Waals surface area contributed by atoms with Gasteiger partial charge in [0.05, 0.1) is 23.9 Å². The molecule has 0 aliphatic carbocycles. The van der Waals surface area contributed by atoms with Gasteiger partial charge in [0.2, 0.25) is 5.91 Å². The van der Waals surface area contributed by atoms with Crippen molar-refractivity contribution in [2.24, 2.45) is 5.73 Å². The van der Waals surface area contributed by atoms with Crippen molar-refractivity contribution in [1.29, 1.82) is 0 Å². The maximum Gasteiger partial charge on any atom is 0.250 e. The van der Waals surface area contributed by atoms with Gasteiger partial charge in [-0.2, -0.15) is 0 Å². The second-order valence-corrected chi connectivity index (χ2v) is 8.79. The summed E-state index contributed by atoms with van der Waals surface area (Å²) < 4.78 is 5.31. The highest BCUT2D eigenvalue weighted by Gasteiger charge is 2.27. The van der Waals surface area contributed by atoms with Crippen molar-refractivity contribution in [1.82, 2.24) is 9.88 Å². The Hall–Kier alpha value is -3.41. The third-order valence-corrected chi connectivity index (χ3v) is 6.57. The first-order chi connectivity index (χ1) is 16.0. The zero-order valence-electron chi connectivity index (χ0n) is 19.3. The van der Waals surface area contributed by atoms with Crippen molar-refractivity contribution >= 4 is 22.7 Å². The normalized spacial score (nSPS) is 14.4. The maximum absolute atomic E-state index is 12.8. The number of benzene rings is 2. The van der Waals surface area contributed by atoms with Gasteiger partial charge in [0.1, 0.15) is 5.75 Å². The number of carbonyl (C=O) groups is 2. The first-order valence-corrected chi connectivity index (χ1v) is 11.6. The predicted octanol–water partition coefficient (Wildman–Crippen LogP) is 4.38. The average Bonchev–Trinajstić information content (AvgIpc) is 2.83. The van der Waals surface area contributed by atoms with Crippen molar-refractivity contribution in [2.45, 2.75) is 44.9 Å². The minimum atomic E-state index is -0.449. The first kappa shape index (κ1) is 22.8. The zero-order chi connectivity index (χ0) is 23.4. The molecule has 2 aromatic carbocycles. The number of aromatic nitrogens is 1. The largest absolute Gasteiger partial charge is 0.496 e. The zero-order valence-corrected chi connectivity index (χ0v) is 19.3. The fourth-order valence-corrected chi connectivity index (χ4v) is 4.74. The molecular formula is C27H31N3O3. The molecule has 172 valence electrons. The number of carbonyl (C=O) groups excluding carboxylic acids is 2. The second-order valence-electron chi connectivity index (χ2n) is 8.79. The van der Waals surface area contributed by atoms with Crippen LogP contribution in [0.3, 0.4) is 0 Å². The van der Waals surface area contributed by atoms with Crippen molar-refractivity contribution in [3.63, 3.8) is 0 Å². The van der Waals surface area contributed by atoms with Crippen LogP contribution in [0.15, 0.2) is 48.5 Å². The summed E-state index contributed by atoms with van der Waals surface area (Å²) in [6, 6.07) is 15.8. The van der Waals surface area contributed by atoms with Gasteiger partial charge in [0, 0.05) is 30.8 Å². The number of nitrogens with zero attached hydrogens (tertiary/aromatic N) is 2. The van der Waals surface area contributed by atoms with E-state index in [2.05, 4.69) is 12.1 Å². The van der Waals surface area contributed by atoms with Crippen LogP contribution in [-0.4, -0.2) is 41.9 Å². The fourth-order valence-electron chi connectivity index (χ4n) is 4.74. The monoisotopic (exact) mass is 445 g/mol. The highest BCUT2D eigenvalue weighted by molar-refractivity contribution is 5.97. The minimum Gasteiger partial charge on any atom is -0.496 e. The number of pyridine rings is 1. The van der Waals surface area contributed by atoms with Crippen LogP contribution < -0.4 is 10.5 Å². The molecule has 0 atom stereocenters. The van der Waals surface area contributed by atoms with Crippen LogP contribution >= 0.6 is 0 Å². The summed E-state index contributed by atoms with van der Waals surface area (Å²) >= 11 is 0. The van der Waals surface area contributed by atoms with Gasteiger partial charge in [-0.15, -0.1) is 0 Å². The van der Waals surface area contributed by atoms with Crippen LogP contribution in [-0.2, 0) is 11.2 Å². The average molecular weight is 446 g/mol. The number of hydrogen-bond acceptors (Lipinski definition) is 4. The Balaban J connectivity index is 1.34. The molecule has 0 bridgehead atoms. The van der Waals surface area contributed by atoms with Crippen molar-refractivity contribution in [3.05, 3.63) is 70.9 Å². The smallest absolute Gasteiger partial charge is 0.250 e. The van der Waals surface area contributed by atoms with Crippen molar-refractivity contribution < 1.29 is 14.3 Å². The molecule has 1 saturated heterocycles.